The predicted octanol–water partition coefficient (Wildman–Crippen LogP) is -0.698. The molecule has 0 atom stereocenters. The number of hydrogen-bond donors (Lipinski definition) is 1. The fourth-order valence-electron chi connectivity index (χ4n) is 0.984. The first kappa shape index (κ1) is 10.2. The van der Waals surface area contributed by atoms with Gasteiger partial charge in [-0.05, 0) is 15.9 Å². The summed E-state index contributed by atoms with van der Waals surface area (Å²) in [5, 5.41) is 8.63. The molecule has 6 heteroatoms. The summed E-state index contributed by atoms with van der Waals surface area (Å²) in [6.07, 6.45) is 1.40. The molecule has 1 heterocycles. The van der Waals surface area contributed by atoms with E-state index >= 15 is 0 Å². The Labute approximate surface area is 82.4 Å². The van der Waals surface area contributed by atoms with Crippen molar-refractivity contribution < 1.29 is 5.11 Å². The second-order valence-electron chi connectivity index (χ2n) is 2.55. The van der Waals surface area contributed by atoms with Gasteiger partial charge in [0.15, 0.2) is 0 Å². The van der Waals surface area contributed by atoms with Gasteiger partial charge in [-0.15, -0.1) is 0 Å². The van der Waals surface area contributed by atoms with E-state index in [1.54, 1.807) is 7.05 Å². The quantitative estimate of drug-likeness (QED) is 0.753. The second-order valence-corrected chi connectivity index (χ2v) is 3.41. The smallest absolute Gasteiger partial charge is 0.330 e. The number of aryl methyl sites for hydroxylation is 1. The zero-order valence-electron chi connectivity index (χ0n) is 7.03. The van der Waals surface area contributed by atoms with Crippen molar-refractivity contribution in [3.63, 3.8) is 0 Å². The maximum Gasteiger partial charge on any atom is 0.330 e. The van der Waals surface area contributed by atoms with E-state index in [0.29, 0.717) is 4.47 Å². The maximum absolute atomic E-state index is 11.3. The summed E-state index contributed by atoms with van der Waals surface area (Å²) < 4.78 is 2.56. The lowest BCUT2D eigenvalue weighted by molar-refractivity contribution is 0.270. The predicted molar refractivity (Wildman–Crippen MR) is 50.7 cm³/mol. The van der Waals surface area contributed by atoms with Crippen LogP contribution in [0.5, 0.6) is 0 Å². The van der Waals surface area contributed by atoms with Gasteiger partial charge in [0.2, 0.25) is 0 Å². The summed E-state index contributed by atoms with van der Waals surface area (Å²) in [4.78, 5) is 22.6. The van der Waals surface area contributed by atoms with Crippen molar-refractivity contribution in [3.05, 3.63) is 31.5 Å². The minimum atomic E-state index is -0.428. The van der Waals surface area contributed by atoms with Gasteiger partial charge >= 0.3 is 5.69 Å². The summed E-state index contributed by atoms with van der Waals surface area (Å²) in [5.41, 5.74) is -0.848. The third-order valence-corrected chi connectivity index (χ3v) is 2.16. The summed E-state index contributed by atoms with van der Waals surface area (Å²) in [7, 11) is 1.54. The highest BCUT2D eigenvalue weighted by Gasteiger charge is 2.06. The summed E-state index contributed by atoms with van der Waals surface area (Å²) in [6, 6.07) is 0. The van der Waals surface area contributed by atoms with Crippen molar-refractivity contribution in [2.45, 2.75) is 6.54 Å². The first-order valence-corrected chi connectivity index (χ1v) is 4.44. The summed E-state index contributed by atoms with van der Waals surface area (Å²) >= 11 is 3.03. The molecule has 0 aliphatic heterocycles. The highest BCUT2D eigenvalue weighted by Crippen LogP contribution is 1.97. The number of aromatic nitrogens is 2. The van der Waals surface area contributed by atoms with E-state index < -0.39 is 11.2 Å². The lowest BCUT2D eigenvalue weighted by Gasteiger charge is -2.05. The fraction of sp³-hybridized carbons (Fsp3) is 0.429. The number of rotatable bonds is 2. The normalized spacial score (nSPS) is 10.4. The van der Waals surface area contributed by atoms with Crippen LogP contribution in [0.2, 0.25) is 0 Å². The first-order valence-electron chi connectivity index (χ1n) is 3.64. The van der Waals surface area contributed by atoms with Gasteiger partial charge in [0.1, 0.15) is 0 Å². The van der Waals surface area contributed by atoms with Crippen molar-refractivity contribution in [3.8, 4) is 0 Å². The molecule has 1 rings (SSSR count). The maximum atomic E-state index is 11.3. The molecule has 0 radical (unpaired) electrons. The molecule has 0 amide bonds. The van der Waals surface area contributed by atoms with E-state index in [4.69, 9.17) is 5.11 Å². The van der Waals surface area contributed by atoms with E-state index in [9.17, 15) is 9.59 Å². The third-order valence-electron chi connectivity index (χ3n) is 1.61. The minimum absolute atomic E-state index is 0.0188. The lowest BCUT2D eigenvalue weighted by Crippen LogP contribution is -2.39. The molecule has 5 nitrogen and oxygen atoms in total. The number of nitrogens with zero attached hydrogens (tertiary/aromatic N) is 2. The van der Waals surface area contributed by atoms with Crippen LogP contribution in [0.1, 0.15) is 0 Å². The van der Waals surface area contributed by atoms with Crippen LogP contribution in [0, 0.1) is 0 Å². The SMILES string of the molecule is Cn1cc(Br)c(=O)n(CCO)c1=O. The molecule has 0 aliphatic carbocycles. The molecule has 1 aromatic rings. The molecule has 0 aromatic carbocycles. The Kier molecular flexibility index (Phi) is 3.05. The minimum Gasteiger partial charge on any atom is -0.395 e. The van der Waals surface area contributed by atoms with Crippen molar-refractivity contribution in [1.29, 1.82) is 0 Å². The number of hydrogen-bond acceptors (Lipinski definition) is 3. The Bertz CT molecular complexity index is 386. The monoisotopic (exact) mass is 248 g/mol. The van der Waals surface area contributed by atoms with Crippen molar-refractivity contribution >= 4 is 15.9 Å². The molecule has 1 aromatic heterocycles. The Morgan fingerprint density at radius 2 is 2.15 bits per heavy atom. The molecule has 0 unspecified atom stereocenters. The Hall–Kier alpha value is -0.880. The average molecular weight is 249 g/mol. The molecule has 1 N–H and O–H groups in total. The van der Waals surface area contributed by atoms with Gasteiger partial charge in [0, 0.05) is 13.2 Å². The Morgan fingerprint density at radius 1 is 1.54 bits per heavy atom. The zero-order chi connectivity index (χ0) is 10.0. The molecular weight excluding hydrogens is 240 g/mol. The molecule has 0 spiro atoms. The highest BCUT2D eigenvalue weighted by molar-refractivity contribution is 9.10. The summed E-state index contributed by atoms with van der Waals surface area (Å²) in [6.45, 7) is -0.212. The second kappa shape index (κ2) is 3.89. The topological polar surface area (TPSA) is 64.2 Å². The molecule has 0 fully saturated rings. The number of aliphatic hydroxyl groups excluding tert-OH is 1. The molecule has 13 heavy (non-hydrogen) atoms. The van der Waals surface area contributed by atoms with Crippen LogP contribution in [-0.4, -0.2) is 20.8 Å². The first-order chi connectivity index (χ1) is 6.07. The van der Waals surface area contributed by atoms with Crippen molar-refractivity contribution in [1.82, 2.24) is 9.13 Å². The molecule has 0 saturated heterocycles. The standard InChI is InChI=1S/C7H9BrN2O3/c1-9-4-5(8)6(12)10(2-3-11)7(9)13/h4,11H,2-3H2,1H3. The van der Waals surface area contributed by atoms with E-state index in [0.717, 1.165) is 4.57 Å². The van der Waals surface area contributed by atoms with Gasteiger partial charge < -0.3 is 9.67 Å². The van der Waals surface area contributed by atoms with E-state index in [-0.39, 0.29) is 13.2 Å². The lowest BCUT2D eigenvalue weighted by atomic mass is 10.5. The van der Waals surface area contributed by atoms with Crippen LogP contribution >= 0.6 is 15.9 Å². The van der Waals surface area contributed by atoms with E-state index in [2.05, 4.69) is 15.9 Å². The molecule has 72 valence electrons. The fourth-order valence-corrected chi connectivity index (χ4v) is 1.51. The Balaban J connectivity index is 3.47. The zero-order valence-corrected chi connectivity index (χ0v) is 8.61. The van der Waals surface area contributed by atoms with Crippen LogP contribution in [0.25, 0.3) is 0 Å². The van der Waals surface area contributed by atoms with Gasteiger partial charge in [0.05, 0.1) is 17.6 Å². The van der Waals surface area contributed by atoms with Crippen molar-refractivity contribution in [2.75, 3.05) is 6.61 Å². The van der Waals surface area contributed by atoms with Crippen LogP contribution in [0.3, 0.4) is 0 Å². The molecular formula is C7H9BrN2O3. The number of halogens is 1. The molecule has 0 saturated carbocycles. The third kappa shape index (κ3) is 1.89. The van der Waals surface area contributed by atoms with Crippen LogP contribution < -0.4 is 11.2 Å². The van der Waals surface area contributed by atoms with Crippen LogP contribution in [-0.2, 0) is 13.6 Å². The number of aliphatic hydroxyl groups is 1. The Morgan fingerprint density at radius 3 is 2.69 bits per heavy atom. The average Bonchev–Trinajstić information content (AvgIpc) is 2.09. The molecule has 0 aliphatic rings. The molecule has 0 bridgehead atoms. The van der Waals surface area contributed by atoms with Crippen LogP contribution in [0.15, 0.2) is 20.3 Å². The van der Waals surface area contributed by atoms with Crippen LogP contribution in [0.4, 0.5) is 0 Å². The van der Waals surface area contributed by atoms with Gasteiger partial charge in [0.25, 0.3) is 5.56 Å². The van der Waals surface area contributed by atoms with Gasteiger partial charge in [-0.2, -0.15) is 0 Å². The van der Waals surface area contributed by atoms with E-state index in [1.165, 1.54) is 10.8 Å². The van der Waals surface area contributed by atoms with E-state index in [1.807, 2.05) is 0 Å². The van der Waals surface area contributed by atoms with Crippen molar-refractivity contribution in [2.24, 2.45) is 7.05 Å². The van der Waals surface area contributed by atoms with Gasteiger partial charge in [-0.3, -0.25) is 9.36 Å². The van der Waals surface area contributed by atoms with Gasteiger partial charge in [-0.25, -0.2) is 4.79 Å². The largest absolute Gasteiger partial charge is 0.395 e. The highest BCUT2D eigenvalue weighted by atomic mass is 79.9. The van der Waals surface area contributed by atoms with Gasteiger partial charge in [-0.1, -0.05) is 0 Å². The summed E-state index contributed by atoms with van der Waals surface area (Å²) in [5.74, 6) is 0.